The third-order valence-electron chi connectivity index (χ3n) is 1.28. The fourth-order valence-electron chi connectivity index (χ4n) is 0.611. The Labute approximate surface area is 83.3 Å². The van der Waals surface area contributed by atoms with Gasteiger partial charge in [-0.15, -0.1) is 0 Å². The van der Waals surface area contributed by atoms with Gasteiger partial charge in [-0.2, -0.15) is 0 Å². The summed E-state index contributed by atoms with van der Waals surface area (Å²) < 4.78 is 13.9. The molecule has 0 radical (unpaired) electrons. The van der Waals surface area contributed by atoms with E-state index in [2.05, 4.69) is 9.47 Å². The molecule has 0 aromatic heterocycles. The van der Waals surface area contributed by atoms with Crippen molar-refractivity contribution in [2.75, 3.05) is 6.61 Å². The summed E-state index contributed by atoms with van der Waals surface area (Å²) in [5.41, 5.74) is 0. The number of ether oxygens (including phenoxy) is 3. The summed E-state index contributed by atoms with van der Waals surface area (Å²) in [6, 6.07) is 0. The molecule has 82 valence electrons. The molecule has 0 aromatic rings. The highest BCUT2D eigenvalue weighted by Crippen LogP contribution is 2.02. The zero-order valence-corrected chi connectivity index (χ0v) is 8.90. The van der Waals surface area contributed by atoms with Gasteiger partial charge in [0.05, 0.1) is 12.5 Å². The molecule has 0 spiro atoms. The lowest BCUT2D eigenvalue weighted by atomic mass is 10.2. The smallest absolute Gasteiger partial charge is 0.435 e. The van der Waals surface area contributed by atoms with E-state index in [1.54, 1.807) is 20.8 Å². The molecule has 0 aromatic carbocycles. The van der Waals surface area contributed by atoms with Crippen LogP contribution < -0.4 is 0 Å². The van der Waals surface area contributed by atoms with Crippen LogP contribution in [0.2, 0.25) is 0 Å². The number of carbonyl (C=O) groups excluding carboxylic acids is 2. The minimum absolute atomic E-state index is 0.226. The first kappa shape index (κ1) is 12.7. The first-order valence-corrected chi connectivity index (χ1v) is 4.51. The van der Waals surface area contributed by atoms with Gasteiger partial charge in [-0.05, 0) is 6.92 Å². The predicted molar refractivity (Wildman–Crippen MR) is 48.5 cm³/mol. The van der Waals surface area contributed by atoms with Crippen LogP contribution in [0.15, 0.2) is 0 Å². The van der Waals surface area contributed by atoms with E-state index in [9.17, 15) is 9.59 Å². The lowest BCUT2D eigenvalue weighted by Gasteiger charge is -2.14. The van der Waals surface area contributed by atoms with Gasteiger partial charge in [0.25, 0.3) is 0 Å². The molecule has 0 heterocycles. The summed E-state index contributed by atoms with van der Waals surface area (Å²) in [5.74, 6) is -0.662. The molecule has 5 heteroatoms. The van der Waals surface area contributed by atoms with Gasteiger partial charge in [-0.1, -0.05) is 13.8 Å². The summed E-state index contributed by atoms with van der Waals surface area (Å²) in [4.78, 5) is 21.8. The van der Waals surface area contributed by atoms with E-state index in [0.717, 1.165) is 0 Å². The fraction of sp³-hybridized carbons (Fsp3) is 0.778. The molecular weight excluding hydrogens is 188 g/mol. The van der Waals surface area contributed by atoms with Crippen LogP contribution in [0, 0.1) is 5.92 Å². The zero-order chi connectivity index (χ0) is 11.1. The molecule has 0 N–H and O–H groups in total. The van der Waals surface area contributed by atoms with Crippen LogP contribution in [0.5, 0.6) is 0 Å². The second-order valence-corrected chi connectivity index (χ2v) is 2.96. The van der Waals surface area contributed by atoms with Crippen molar-refractivity contribution < 1.29 is 23.8 Å². The van der Waals surface area contributed by atoms with Crippen molar-refractivity contribution >= 4 is 12.1 Å². The third kappa shape index (κ3) is 5.40. The monoisotopic (exact) mass is 204 g/mol. The van der Waals surface area contributed by atoms with Crippen LogP contribution in [0.4, 0.5) is 4.79 Å². The maximum absolute atomic E-state index is 11.0. The first-order valence-electron chi connectivity index (χ1n) is 4.51. The Morgan fingerprint density at radius 3 is 2.14 bits per heavy atom. The van der Waals surface area contributed by atoms with E-state index < -0.39 is 18.4 Å². The maximum Gasteiger partial charge on any atom is 0.511 e. The molecule has 0 bridgehead atoms. The Morgan fingerprint density at radius 2 is 1.71 bits per heavy atom. The summed E-state index contributed by atoms with van der Waals surface area (Å²) in [5, 5.41) is 0. The molecular formula is C9H16O5. The number of hydrogen-bond donors (Lipinski definition) is 0. The van der Waals surface area contributed by atoms with Gasteiger partial charge in [0.2, 0.25) is 6.29 Å². The van der Waals surface area contributed by atoms with Crippen LogP contribution in [0.25, 0.3) is 0 Å². The van der Waals surface area contributed by atoms with Gasteiger partial charge >= 0.3 is 12.1 Å². The fourth-order valence-corrected chi connectivity index (χ4v) is 0.611. The topological polar surface area (TPSA) is 61.8 Å². The molecule has 1 atom stereocenters. The Kier molecular flexibility index (Phi) is 5.67. The van der Waals surface area contributed by atoms with E-state index in [-0.39, 0.29) is 12.5 Å². The Balaban J connectivity index is 3.80. The lowest BCUT2D eigenvalue weighted by Crippen LogP contribution is -2.24. The normalized spacial score (nSPS) is 12.1. The summed E-state index contributed by atoms with van der Waals surface area (Å²) >= 11 is 0. The summed E-state index contributed by atoms with van der Waals surface area (Å²) in [7, 11) is 0. The van der Waals surface area contributed by atoms with E-state index in [1.807, 2.05) is 0 Å². The molecule has 0 aliphatic heterocycles. The number of rotatable bonds is 4. The molecule has 1 unspecified atom stereocenters. The van der Waals surface area contributed by atoms with E-state index in [1.165, 1.54) is 6.92 Å². The van der Waals surface area contributed by atoms with Crippen molar-refractivity contribution in [1.82, 2.24) is 0 Å². The zero-order valence-electron chi connectivity index (χ0n) is 8.90. The van der Waals surface area contributed by atoms with Gasteiger partial charge in [0.15, 0.2) is 0 Å². The molecule has 0 fully saturated rings. The first-order chi connectivity index (χ1) is 6.47. The highest BCUT2D eigenvalue weighted by Gasteiger charge is 2.16. The average Bonchev–Trinajstić information content (AvgIpc) is 2.03. The van der Waals surface area contributed by atoms with Gasteiger partial charge in [-0.25, -0.2) is 4.79 Å². The van der Waals surface area contributed by atoms with Gasteiger partial charge in [0, 0.05) is 6.92 Å². The predicted octanol–water partition coefficient (Wildman–Crippen LogP) is 1.70. The van der Waals surface area contributed by atoms with Gasteiger partial charge < -0.3 is 14.2 Å². The summed E-state index contributed by atoms with van der Waals surface area (Å²) in [6.45, 7) is 6.73. The van der Waals surface area contributed by atoms with Gasteiger partial charge in [-0.3, -0.25) is 4.79 Å². The molecule has 0 aliphatic rings. The molecule has 0 aliphatic carbocycles. The minimum Gasteiger partial charge on any atom is -0.435 e. The molecule has 0 saturated heterocycles. The van der Waals surface area contributed by atoms with Crippen molar-refractivity contribution in [2.24, 2.45) is 5.92 Å². The highest BCUT2D eigenvalue weighted by molar-refractivity contribution is 5.71. The van der Waals surface area contributed by atoms with Gasteiger partial charge in [0.1, 0.15) is 0 Å². The highest BCUT2D eigenvalue weighted by atomic mass is 16.8. The minimum atomic E-state index is -0.913. The van der Waals surface area contributed by atoms with Crippen LogP contribution in [-0.4, -0.2) is 25.0 Å². The number of hydrogen-bond acceptors (Lipinski definition) is 5. The second kappa shape index (κ2) is 6.23. The summed E-state index contributed by atoms with van der Waals surface area (Å²) in [6.07, 6.45) is -1.75. The van der Waals surface area contributed by atoms with Crippen molar-refractivity contribution in [3.05, 3.63) is 0 Å². The molecule has 5 nitrogen and oxygen atoms in total. The second-order valence-electron chi connectivity index (χ2n) is 2.96. The van der Waals surface area contributed by atoms with Crippen LogP contribution in [0.3, 0.4) is 0 Å². The van der Waals surface area contributed by atoms with Crippen LogP contribution >= 0.6 is 0 Å². The van der Waals surface area contributed by atoms with Crippen molar-refractivity contribution in [1.29, 1.82) is 0 Å². The molecule has 0 saturated carbocycles. The third-order valence-corrected chi connectivity index (χ3v) is 1.28. The van der Waals surface area contributed by atoms with Crippen LogP contribution in [0.1, 0.15) is 27.7 Å². The van der Waals surface area contributed by atoms with Crippen molar-refractivity contribution in [2.45, 2.75) is 34.0 Å². The lowest BCUT2D eigenvalue weighted by molar-refractivity contribution is -0.171. The largest absolute Gasteiger partial charge is 0.511 e. The molecule has 14 heavy (non-hydrogen) atoms. The Hall–Kier alpha value is -1.26. The van der Waals surface area contributed by atoms with E-state index in [4.69, 9.17) is 4.74 Å². The van der Waals surface area contributed by atoms with Crippen molar-refractivity contribution in [3.63, 3.8) is 0 Å². The molecule has 0 amide bonds. The SMILES string of the molecule is CCOC(=O)OC(C)OC(=O)C(C)C. The van der Waals surface area contributed by atoms with Crippen molar-refractivity contribution in [3.8, 4) is 0 Å². The standard InChI is InChI=1S/C9H16O5/c1-5-12-9(11)14-7(4)13-8(10)6(2)3/h6-7H,5H2,1-4H3. The average molecular weight is 204 g/mol. The van der Waals surface area contributed by atoms with E-state index >= 15 is 0 Å². The van der Waals surface area contributed by atoms with Crippen LogP contribution in [-0.2, 0) is 19.0 Å². The quantitative estimate of drug-likeness (QED) is 0.515. The van der Waals surface area contributed by atoms with E-state index in [0.29, 0.717) is 0 Å². The Morgan fingerprint density at radius 1 is 1.14 bits per heavy atom. The maximum atomic E-state index is 11.0. The number of esters is 1. The number of carbonyl (C=O) groups is 2. The Bertz CT molecular complexity index is 199. The molecule has 0 rings (SSSR count).